The molecule has 1 aromatic carbocycles. The molecular weight excluding hydrogens is 178 g/mol. The number of fused-ring (bicyclic) bond motifs is 1. The van der Waals surface area contributed by atoms with Crippen molar-refractivity contribution in [1.29, 1.82) is 0 Å². The number of hydrogen-bond acceptors (Lipinski definition) is 3. The van der Waals surface area contributed by atoms with Gasteiger partial charge in [0.05, 0.1) is 0 Å². The summed E-state index contributed by atoms with van der Waals surface area (Å²) in [6.07, 6.45) is 0. The Labute approximate surface area is 82.0 Å². The van der Waals surface area contributed by atoms with Crippen molar-refractivity contribution in [3.63, 3.8) is 0 Å². The first-order valence-corrected chi connectivity index (χ1v) is 4.53. The number of nitrogens with one attached hydrogen (secondary N) is 1. The Balaban J connectivity index is 2.83. The zero-order chi connectivity index (χ0) is 10.3. The van der Waals surface area contributed by atoms with E-state index in [4.69, 9.17) is 0 Å². The lowest BCUT2D eigenvalue weighted by Gasteiger charge is -2.20. The topological polar surface area (TPSA) is 61.8 Å². The molecule has 0 saturated heterocycles. The Kier molecular flexibility index (Phi) is 1.74. The van der Waals surface area contributed by atoms with E-state index in [0.29, 0.717) is 0 Å². The smallest absolute Gasteiger partial charge is 0.121 e. The van der Waals surface area contributed by atoms with E-state index < -0.39 is 0 Å². The van der Waals surface area contributed by atoms with E-state index in [-0.39, 0.29) is 11.2 Å². The molecule has 2 rings (SSSR count). The monoisotopic (exact) mass is 191 g/mol. The number of benzene rings is 1. The average Bonchev–Trinajstić information content (AvgIpc) is 2.48. The third-order valence-corrected chi connectivity index (χ3v) is 2.22. The third-order valence-electron chi connectivity index (χ3n) is 2.22. The van der Waals surface area contributed by atoms with Gasteiger partial charge in [0.1, 0.15) is 16.8 Å². The van der Waals surface area contributed by atoms with Crippen LogP contribution in [0.1, 0.15) is 26.3 Å². The van der Waals surface area contributed by atoms with Crippen LogP contribution in [-0.4, -0.2) is 20.5 Å². The van der Waals surface area contributed by atoms with E-state index in [9.17, 15) is 5.11 Å². The summed E-state index contributed by atoms with van der Waals surface area (Å²) in [5.41, 5.74) is 2.23. The Morgan fingerprint density at radius 3 is 2.57 bits per heavy atom. The van der Waals surface area contributed by atoms with Gasteiger partial charge in [-0.05, 0) is 17.5 Å². The number of rotatable bonds is 0. The van der Waals surface area contributed by atoms with E-state index in [1.165, 1.54) is 0 Å². The van der Waals surface area contributed by atoms with Gasteiger partial charge in [0.15, 0.2) is 0 Å². The maximum absolute atomic E-state index is 9.78. The van der Waals surface area contributed by atoms with E-state index in [2.05, 4.69) is 15.4 Å². The molecule has 74 valence electrons. The van der Waals surface area contributed by atoms with Gasteiger partial charge in [0.25, 0.3) is 0 Å². The van der Waals surface area contributed by atoms with Gasteiger partial charge in [-0.3, -0.25) is 0 Å². The van der Waals surface area contributed by atoms with Crippen LogP contribution in [0.4, 0.5) is 0 Å². The number of phenols is 1. The summed E-state index contributed by atoms with van der Waals surface area (Å²) < 4.78 is 0. The summed E-state index contributed by atoms with van der Waals surface area (Å²) in [5.74, 6) is 0.277. The summed E-state index contributed by atoms with van der Waals surface area (Å²) in [6, 6.07) is 3.41. The number of phenolic OH excluding ortho intramolecular Hbond substituents is 1. The number of H-pyrrole nitrogens is 1. The Morgan fingerprint density at radius 1 is 1.21 bits per heavy atom. The van der Waals surface area contributed by atoms with Gasteiger partial charge in [0, 0.05) is 5.56 Å². The van der Waals surface area contributed by atoms with Crippen molar-refractivity contribution in [1.82, 2.24) is 15.4 Å². The highest BCUT2D eigenvalue weighted by Gasteiger charge is 2.22. The maximum atomic E-state index is 9.78. The molecule has 0 radical (unpaired) electrons. The molecule has 4 nitrogen and oxygen atoms in total. The fraction of sp³-hybridized carbons (Fsp3) is 0.400. The predicted molar refractivity (Wildman–Crippen MR) is 54.3 cm³/mol. The summed E-state index contributed by atoms with van der Waals surface area (Å²) in [4.78, 5) is 0. The van der Waals surface area contributed by atoms with Crippen molar-refractivity contribution >= 4 is 11.0 Å². The highest BCUT2D eigenvalue weighted by Crippen LogP contribution is 2.34. The van der Waals surface area contributed by atoms with Crippen LogP contribution >= 0.6 is 0 Å². The zero-order valence-corrected chi connectivity index (χ0v) is 8.50. The van der Waals surface area contributed by atoms with E-state index in [1.54, 1.807) is 12.1 Å². The molecule has 0 bridgehead atoms. The van der Waals surface area contributed by atoms with Crippen LogP contribution in [0.15, 0.2) is 12.1 Å². The minimum atomic E-state index is -0.138. The molecule has 0 aliphatic carbocycles. The molecule has 4 heteroatoms. The van der Waals surface area contributed by atoms with Crippen molar-refractivity contribution in [2.75, 3.05) is 0 Å². The van der Waals surface area contributed by atoms with Crippen molar-refractivity contribution < 1.29 is 5.11 Å². The maximum Gasteiger partial charge on any atom is 0.121 e. The fourth-order valence-corrected chi connectivity index (χ4v) is 1.64. The van der Waals surface area contributed by atoms with Gasteiger partial charge < -0.3 is 5.11 Å². The summed E-state index contributed by atoms with van der Waals surface area (Å²) in [5, 5.41) is 20.4. The number of aromatic nitrogens is 3. The van der Waals surface area contributed by atoms with Gasteiger partial charge in [0.2, 0.25) is 0 Å². The number of nitrogens with zero attached hydrogens (tertiary/aromatic N) is 2. The Hall–Kier alpha value is -1.58. The quantitative estimate of drug-likeness (QED) is 0.669. The average molecular weight is 191 g/mol. The fourth-order valence-electron chi connectivity index (χ4n) is 1.64. The lowest BCUT2D eigenvalue weighted by molar-refractivity contribution is 0.449. The van der Waals surface area contributed by atoms with Crippen molar-refractivity contribution in [2.24, 2.45) is 0 Å². The summed E-state index contributed by atoms with van der Waals surface area (Å²) in [6.45, 7) is 6.11. The summed E-state index contributed by atoms with van der Waals surface area (Å²) in [7, 11) is 0. The molecule has 0 fully saturated rings. The SMILES string of the molecule is CC(C)(C)c1c(O)ccc2n[nH]nc12. The van der Waals surface area contributed by atoms with Crippen molar-refractivity contribution in [3.05, 3.63) is 17.7 Å². The minimum Gasteiger partial charge on any atom is -0.508 e. The molecule has 2 N–H and O–H groups in total. The van der Waals surface area contributed by atoms with Gasteiger partial charge >= 0.3 is 0 Å². The molecule has 2 aromatic rings. The molecule has 0 atom stereocenters. The largest absolute Gasteiger partial charge is 0.508 e. The second-order valence-electron chi connectivity index (χ2n) is 4.40. The lowest BCUT2D eigenvalue weighted by atomic mass is 9.85. The normalized spacial score (nSPS) is 12.2. The summed E-state index contributed by atoms with van der Waals surface area (Å²) >= 11 is 0. The van der Waals surface area contributed by atoms with Gasteiger partial charge in [-0.25, -0.2) is 0 Å². The highest BCUT2D eigenvalue weighted by molar-refractivity contribution is 5.81. The molecule has 0 spiro atoms. The Bertz CT molecular complexity index is 468. The molecule has 1 aromatic heterocycles. The first-order chi connectivity index (χ1) is 6.50. The van der Waals surface area contributed by atoms with E-state index in [0.717, 1.165) is 16.6 Å². The predicted octanol–water partition coefficient (Wildman–Crippen LogP) is 1.96. The molecule has 0 unspecified atom stereocenters. The first-order valence-electron chi connectivity index (χ1n) is 4.53. The number of aromatic hydroxyl groups is 1. The molecular formula is C10H13N3O. The van der Waals surface area contributed by atoms with Crippen LogP contribution in [0, 0.1) is 0 Å². The molecule has 1 heterocycles. The first kappa shape index (κ1) is 8.99. The lowest BCUT2D eigenvalue weighted by Crippen LogP contribution is -2.12. The molecule has 0 aliphatic heterocycles. The van der Waals surface area contributed by atoms with Gasteiger partial charge in [-0.1, -0.05) is 20.8 Å². The molecule has 0 aliphatic rings. The van der Waals surface area contributed by atoms with Crippen molar-refractivity contribution in [2.45, 2.75) is 26.2 Å². The molecule has 0 amide bonds. The zero-order valence-electron chi connectivity index (χ0n) is 8.50. The van der Waals surface area contributed by atoms with Crippen LogP contribution in [-0.2, 0) is 5.41 Å². The molecule has 0 saturated carbocycles. The van der Waals surface area contributed by atoms with E-state index >= 15 is 0 Å². The van der Waals surface area contributed by atoms with Crippen LogP contribution in [0.25, 0.3) is 11.0 Å². The van der Waals surface area contributed by atoms with Crippen LogP contribution in [0.2, 0.25) is 0 Å². The minimum absolute atomic E-state index is 0.138. The van der Waals surface area contributed by atoms with Gasteiger partial charge in [-0.2, -0.15) is 15.4 Å². The Morgan fingerprint density at radius 2 is 1.93 bits per heavy atom. The van der Waals surface area contributed by atoms with Crippen LogP contribution < -0.4 is 0 Å². The third kappa shape index (κ3) is 1.23. The highest BCUT2D eigenvalue weighted by atomic mass is 16.3. The van der Waals surface area contributed by atoms with Crippen LogP contribution in [0.3, 0.4) is 0 Å². The second-order valence-corrected chi connectivity index (χ2v) is 4.40. The number of hydrogen-bond donors (Lipinski definition) is 2. The molecule has 14 heavy (non-hydrogen) atoms. The van der Waals surface area contributed by atoms with E-state index in [1.807, 2.05) is 20.8 Å². The van der Waals surface area contributed by atoms with Crippen LogP contribution in [0.5, 0.6) is 5.75 Å². The van der Waals surface area contributed by atoms with Gasteiger partial charge in [-0.15, -0.1) is 0 Å². The number of aromatic amines is 1. The second kappa shape index (κ2) is 2.70. The van der Waals surface area contributed by atoms with Crippen molar-refractivity contribution in [3.8, 4) is 5.75 Å². The standard InChI is InChI=1S/C10H13N3O/c1-10(2,3)8-7(14)5-4-6-9(8)12-13-11-6/h4-5,14H,1-3H3,(H,11,12,13).